The van der Waals surface area contributed by atoms with Gasteiger partial charge in [-0.15, -0.1) is 0 Å². The van der Waals surface area contributed by atoms with Crippen LogP contribution in [0.2, 0.25) is 0 Å². The Balaban J connectivity index is 2.54. The molecule has 1 aliphatic heterocycles. The Morgan fingerprint density at radius 2 is 0.840 bits per heavy atom. The second-order valence-corrected chi connectivity index (χ2v) is 25.0. The molecule has 0 radical (unpaired) electrons. The van der Waals surface area contributed by atoms with Crippen LogP contribution >= 0.6 is 0 Å². The summed E-state index contributed by atoms with van der Waals surface area (Å²) < 4.78 is 0. The molecule has 0 aromatic heterocycles. The predicted octanol–water partition coefficient (Wildman–Crippen LogP) is -10.2. The van der Waals surface area contributed by atoms with Gasteiger partial charge in [-0.25, -0.2) is 4.79 Å². The molecule has 0 saturated carbocycles. The van der Waals surface area contributed by atoms with Crippen molar-refractivity contribution in [2.75, 3.05) is 19.6 Å². The Kier molecular flexibility index (Phi) is 38.5. The summed E-state index contributed by atoms with van der Waals surface area (Å²) in [6.45, 7) is 3.63. The van der Waals surface area contributed by atoms with Gasteiger partial charge >= 0.3 is 23.9 Å². The second kappa shape index (κ2) is 45.3. The zero-order valence-electron chi connectivity index (χ0n) is 58.4. The molecule has 0 aliphatic carbocycles. The third kappa shape index (κ3) is 33.5. The summed E-state index contributed by atoms with van der Waals surface area (Å²) >= 11 is 0. The van der Waals surface area contributed by atoms with E-state index in [0.717, 1.165) is 11.8 Å². The minimum atomic E-state index is -2.27. The first-order valence-corrected chi connectivity index (χ1v) is 33.3. The summed E-state index contributed by atoms with van der Waals surface area (Å²) in [5.41, 5.74) is 43.8. The van der Waals surface area contributed by atoms with Gasteiger partial charge in [0.05, 0.1) is 25.4 Å². The van der Waals surface area contributed by atoms with Crippen molar-refractivity contribution in [2.24, 2.45) is 61.8 Å². The lowest BCUT2D eigenvalue weighted by molar-refractivity contribution is -0.144. The summed E-state index contributed by atoms with van der Waals surface area (Å²) in [6.07, 6.45) is -9.87. The topological polar surface area (TPSA) is 765 Å². The Morgan fingerprint density at radius 1 is 0.453 bits per heavy atom. The molecule has 106 heavy (non-hydrogen) atoms. The number of aliphatic hydroxyl groups is 1. The number of hydrogen-bond donors (Lipinski definition) is 23. The molecule has 0 bridgehead atoms. The van der Waals surface area contributed by atoms with Crippen molar-refractivity contribution in [1.29, 1.82) is 0 Å². The third-order valence-corrected chi connectivity index (χ3v) is 15.9. The van der Waals surface area contributed by atoms with E-state index < -0.39 is 261 Å². The lowest BCUT2D eigenvalue weighted by Gasteiger charge is -2.31. The molecule has 588 valence electrons. The van der Waals surface area contributed by atoms with Crippen LogP contribution in [0.4, 0.5) is 0 Å². The molecule has 1 aromatic rings. The second-order valence-electron chi connectivity index (χ2n) is 25.0. The van der Waals surface area contributed by atoms with Gasteiger partial charge in [-0.2, -0.15) is 0 Å². The van der Waals surface area contributed by atoms with Gasteiger partial charge in [0, 0.05) is 45.3 Å². The van der Waals surface area contributed by atoms with E-state index in [2.05, 4.69) is 52.5 Å². The summed E-state index contributed by atoms with van der Waals surface area (Å²) in [5.74, 6) is -24.6. The molecule has 13 atom stereocenters. The van der Waals surface area contributed by atoms with E-state index in [1.807, 2.05) is 10.6 Å². The number of carbonyl (C=O) groups is 18. The van der Waals surface area contributed by atoms with Gasteiger partial charge in [-0.05, 0) is 76.2 Å². The van der Waals surface area contributed by atoms with Crippen molar-refractivity contribution in [2.45, 2.75) is 202 Å². The lowest BCUT2D eigenvalue weighted by atomic mass is 10.0. The molecule has 1 aliphatic rings. The van der Waals surface area contributed by atoms with Gasteiger partial charge in [-0.1, -0.05) is 44.2 Å². The maximum atomic E-state index is 14.7. The number of nitrogens with two attached hydrogens (primary N) is 8. The molecule has 1 saturated heterocycles. The van der Waals surface area contributed by atoms with Crippen molar-refractivity contribution in [3.8, 4) is 0 Å². The van der Waals surface area contributed by atoms with E-state index in [1.165, 1.54) is 13.8 Å². The van der Waals surface area contributed by atoms with Gasteiger partial charge < -0.3 is 129 Å². The minimum absolute atomic E-state index is 0.0154. The van der Waals surface area contributed by atoms with Gasteiger partial charge in [0.25, 0.3) is 0 Å². The smallest absolute Gasteiger partial charge is 0.326 e. The number of primary amides is 3. The van der Waals surface area contributed by atoms with E-state index in [4.69, 9.17) is 45.9 Å². The molecule has 1 aromatic carbocycles. The predicted molar refractivity (Wildman–Crippen MR) is 368 cm³/mol. The normalized spacial score (nSPS) is 15.8. The highest BCUT2D eigenvalue weighted by molar-refractivity contribution is 6.01. The van der Waals surface area contributed by atoms with E-state index >= 15 is 0 Å². The van der Waals surface area contributed by atoms with Crippen molar-refractivity contribution >= 4 is 118 Å². The first kappa shape index (κ1) is 90.2. The first-order valence-electron chi connectivity index (χ1n) is 33.3. The van der Waals surface area contributed by atoms with E-state index in [-0.39, 0.29) is 64.1 Å². The van der Waals surface area contributed by atoms with Crippen LogP contribution in [0.1, 0.15) is 123 Å². The average Bonchev–Trinajstić information content (AvgIpc) is 1.63. The highest BCUT2D eigenvalue weighted by Gasteiger charge is 2.42. The number of carboxylic acid groups (broad SMARTS) is 4. The number of guanidine groups is 2. The zero-order chi connectivity index (χ0) is 80.2. The molecule has 0 unspecified atom stereocenters. The van der Waals surface area contributed by atoms with Crippen LogP contribution < -0.4 is 99.0 Å². The molecule has 31 N–H and O–H groups in total. The number of nitrogens with zero attached hydrogens (tertiary/aromatic N) is 3. The van der Waals surface area contributed by atoms with Gasteiger partial charge in [0.15, 0.2) is 11.9 Å². The van der Waals surface area contributed by atoms with Gasteiger partial charge in [-0.3, -0.25) is 91.5 Å². The highest BCUT2D eigenvalue weighted by Crippen LogP contribution is 2.22. The van der Waals surface area contributed by atoms with E-state index in [9.17, 15) is 112 Å². The minimum Gasteiger partial charge on any atom is -0.481 e. The summed E-state index contributed by atoms with van der Waals surface area (Å²) in [5, 5.41) is 72.0. The molecule has 44 nitrogen and oxygen atoms in total. The van der Waals surface area contributed by atoms with Crippen LogP contribution in [0.25, 0.3) is 0 Å². The fraction of sp³-hybridized carbons (Fsp3) is 0.581. The SMILES string of the molecule is CC(C)[C@H](NC(=O)[C@@H]1CCCN1C(=O)[C@H](CCC(=O)O)NC(=O)[C@H](CCCN=C(N)N)NC(=O)[C@H](CC(=O)O)NC(=O)[C@H](CC(=O)O)NC(=O)[C@H](CCC(N)=O)NC(=O)[C@H](CCC(N)=O)NC(=O)[C@@H](N)[C@@H](C)O)C(=O)N[C@@H](CC(N)=O)C(=O)N[C@@H](Cc1ccccc1)C(=O)N[C@@H](CCCN=C(N)N)C(=O)O. The summed E-state index contributed by atoms with van der Waals surface area (Å²) in [7, 11) is 0. The van der Waals surface area contributed by atoms with Crippen molar-refractivity contribution < 1.29 is 112 Å². The number of nitrogens with one attached hydrogen (secondary N) is 10. The number of aliphatic hydroxyl groups excluding tert-OH is 1. The highest BCUT2D eigenvalue weighted by atomic mass is 16.4. The number of likely N-dealkylation sites (tertiary alicyclic amines) is 1. The number of hydrogen-bond acceptors (Lipinski definition) is 22. The van der Waals surface area contributed by atoms with Crippen molar-refractivity contribution in [3.63, 3.8) is 0 Å². The first-order chi connectivity index (χ1) is 49.6. The monoisotopic (exact) mass is 1500 g/mol. The number of rotatable bonds is 49. The number of aliphatic imine (C=N–C) groups is 2. The van der Waals surface area contributed by atoms with E-state index in [0.29, 0.717) is 5.56 Å². The van der Waals surface area contributed by atoms with Crippen LogP contribution in [0.15, 0.2) is 40.3 Å². The number of carbonyl (C=O) groups excluding carboxylic acids is 14. The molecule has 0 spiro atoms. The molecule has 1 heterocycles. The Morgan fingerprint density at radius 3 is 1.26 bits per heavy atom. The molecule has 1 fully saturated rings. The molecular weight excluding hydrogens is 1410 g/mol. The molecule has 14 amide bonds. The van der Waals surface area contributed by atoms with E-state index in [1.54, 1.807) is 30.3 Å². The number of benzene rings is 1. The third-order valence-electron chi connectivity index (χ3n) is 15.9. The standard InChI is InChI=1S/C62H97N21O23/c1-28(2)48(58(103)81-37(25-43(65)87)53(98)78-36(24-30-10-5-4-6-11-30)52(97)77-35(60(105)106)13-8-22-72-62(69)70)82-56(101)40-14-9-23-83(40)59(104)34(17-20-44(88)89)76-49(94)31(12-7-21-71-61(67)68)73-54(99)38(26-45(90)91)80-55(100)39(27-46(92)93)79-51(96)32(15-18-41(63)85)74-50(95)33(16-19-42(64)86)75-57(102)47(66)29(3)84/h4-6,10-11,28-29,31-40,47-48,84H,7-9,12-27,66H2,1-3H3,(H2,63,85)(H2,64,86)(H2,65,87)(H,73,99)(H,74,95)(H,75,102)(H,76,94)(H,77,97)(H,78,98)(H,79,96)(H,80,100)(H,81,103)(H,82,101)(H,88,89)(H,90,91)(H,92,93)(H,105,106)(H4,67,68,71)(H4,69,70,72)/t29-,31+,32+,33+,34+,35+,36+,37+,38+,39+,40+,47+,48+/m1/s1. The molecular formula is C62H97N21O23. The van der Waals surface area contributed by atoms with Crippen LogP contribution in [0, 0.1) is 5.92 Å². The zero-order valence-corrected chi connectivity index (χ0v) is 58.4. The Bertz CT molecular complexity index is 3390. The van der Waals surface area contributed by atoms with Crippen LogP contribution in [-0.2, 0) is 92.7 Å². The quantitative estimate of drug-likeness (QED) is 0.0164. The fourth-order valence-corrected chi connectivity index (χ4v) is 10.3. The Labute approximate surface area is 606 Å². The lowest BCUT2D eigenvalue weighted by Crippen LogP contribution is -2.61. The maximum absolute atomic E-state index is 14.7. The van der Waals surface area contributed by atoms with Crippen molar-refractivity contribution in [3.05, 3.63) is 35.9 Å². The number of aliphatic carboxylic acids is 4. The Hall–Kier alpha value is -11.9. The molecule has 2 rings (SSSR count). The summed E-state index contributed by atoms with van der Waals surface area (Å²) in [4.78, 5) is 248. The summed E-state index contributed by atoms with van der Waals surface area (Å²) in [6, 6.07) is -13.3. The van der Waals surface area contributed by atoms with Crippen molar-refractivity contribution in [1.82, 2.24) is 58.1 Å². The van der Waals surface area contributed by atoms with Crippen LogP contribution in [0.5, 0.6) is 0 Å². The van der Waals surface area contributed by atoms with Gasteiger partial charge in [0.2, 0.25) is 82.7 Å². The largest absolute Gasteiger partial charge is 0.481 e. The van der Waals surface area contributed by atoms with Crippen LogP contribution in [0.3, 0.4) is 0 Å². The molecule has 44 heteroatoms. The van der Waals surface area contributed by atoms with Crippen LogP contribution in [-0.4, -0.2) is 247 Å². The fourth-order valence-electron chi connectivity index (χ4n) is 10.3. The average molecular weight is 1500 g/mol. The maximum Gasteiger partial charge on any atom is 0.326 e. The number of carboxylic acids is 4. The van der Waals surface area contributed by atoms with Gasteiger partial charge in [0.1, 0.15) is 72.5 Å². The number of amides is 14.